The van der Waals surface area contributed by atoms with Crippen molar-refractivity contribution in [1.82, 2.24) is 19.9 Å². The van der Waals surface area contributed by atoms with Crippen LogP contribution in [0, 0.1) is 0 Å². The first-order chi connectivity index (χ1) is 16.3. The molecule has 178 valence electrons. The van der Waals surface area contributed by atoms with Crippen LogP contribution in [0.1, 0.15) is 32.0 Å². The Labute approximate surface area is 199 Å². The van der Waals surface area contributed by atoms with E-state index in [0.29, 0.717) is 43.4 Å². The molecular formula is C25H30N6O3. The van der Waals surface area contributed by atoms with Crippen LogP contribution in [0.2, 0.25) is 0 Å². The topological polar surface area (TPSA) is 107 Å². The number of aromatic nitrogens is 3. The molecule has 0 aliphatic carbocycles. The Morgan fingerprint density at radius 1 is 1.03 bits per heavy atom. The van der Waals surface area contributed by atoms with Gasteiger partial charge in [0.1, 0.15) is 12.4 Å². The predicted molar refractivity (Wildman–Crippen MR) is 130 cm³/mol. The fraction of sp³-hybridized carbons (Fsp3) is 0.360. The molecule has 1 aliphatic rings. The maximum absolute atomic E-state index is 12.7. The van der Waals surface area contributed by atoms with Gasteiger partial charge in [-0.2, -0.15) is 0 Å². The lowest BCUT2D eigenvalue weighted by molar-refractivity contribution is 0.149. The second-order valence-corrected chi connectivity index (χ2v) is 9.14. The summed E-state index contributed by atoms with van der Waals surface area (Å²) in [7, 11) is 0. The van der Waals surface area contributed by atoms with Gasteiger partial charge in [-0.25, -0.2) is 19.7 Å². The lowest BCUT2D eigenvalue weighted by Crippen LogP contribution is -2.50. The third-order valence-corrected chi connectivity index (χ3v) is 5.60. The van der Waals surface area contributed by atoms with Crippen molar-refractivity contribution in [1.29, 1.82) is 0 Å². The molecule has 1 saturated heterocycles. The van der Waals surface area contributed by atoms with Gasteiger partial charge in [0.25, 0.3) is 0 Å². The van der Waals surface area contributed by atoms with Crippen molar-refractivity contribution >= 4 is 17.9 Å². The monoisotopic (exact) mass is 462 g/mol. The van der Waals surface area contributed by atoms with Gasteiger partial charge in [-0.15, -0.1) is 0 Å². The number of carbonyl (C=O) groups excluding carboxylic acids is 1. The van der Waals surface area contributed by atoms with Crippen LogP contribution in [0.25, 0.3) is 0 Å². The van der Waals surface area contributed by atoms with Crippen molar-refractivity contribution in [2.75, 3.05) is 36.8 Å². The number of pyridine rings is 1. The molecule has 1 fully saturated rings. The fourth-order valence-corrected chi connectivity index (χ4v) is 3.67. The summed E-state index contributed by atoms with van der Waals surface area (Å²) in [6.07, 6.45) is 2.99. The van der Waals surface area contributed by atoms with Crippen LogP contribution < -0.4 is 20.1 Å². The highest BCUT2D eigenvalue weighted by molar-refractivity contribution is 5.71. The smallest absolute Gasteiger partial charge is 0.415 e. The summed E-state index contributed by atoms with van der Waals surface area (Å²) in [6, 6.07) is 13.2. The summed E-state index contributed by atoms with van der Waals surface area (Å²) < 4.78 is 11.6. The quantitative estimate of drug-likeness (QED) is 0.612. The Bertz CT molecular complexity index is 1140. The molecule has 9 nitrogen and oxygen atoms in total. The molecule has 2 aromatic heterocycles. The van der Waals surface area contributed by atoms with Crippen molar-refractivity contribution in [2.24, 2.45) is 0 Å². The summed E-state index contributed by atoms with van der Waals surface area (Å²) in [5.74, 6) is 2.15. The number of nitrogens with two attached hydrogens (primary N) is 1. The van der Waals surface area contributed by atoms with E-state index < -0.39 is 0 Å². The molecule has 4 rings (SSSR count). The van der Waals surface area contributed by atoms with Crippen LogP contribution in [-0.2, 0) is 12.0 Å². The maximum atomic E-state index is 12.7. The van der Waals surface area contributed by atoms with Crippen molar-refractivity contribution < 1.29 is 14.3 Å². The van der Waals surface area contributed by atoms with E-state index in [2.05, 4.69) is 40.6 Å². The van der Waals surface area contributed by atoms with E-state index in [1.807, 2.05) is 36.4 Å². The fourth-order valence-electron chi connectivity index (χ4n) is 3.67. The standard InChI is InChI=1S/C25H30N6O3/c1-25(2,3)18-6-4-7-20(16-18)34-24(32)31-14-12-30(13-15-31)22-21(8-5-10-27-22)33-17-19-9-11-28-23(26)29-19/h4-11,16H,12-15,17H2,1-3H3,(H2,26,28,29). The van der Waals surface area contributed by atoms with E-state index >= 15 is 0 Å². The third kappa shape index (κ3) is 5.72. The van der Waals surface area contributed by atoms with Crippen molar-refractivity contribution in [3.8, 4) is 11.5 Å². The first-order valence-corrected chi connectivity index (χ1v) is 11.3. The molecule has 3 aromatic rings. The Balaban J connectivity index is 1.35. The minimum absolute atomic E-state index is 0.0173. The van der Waals surface area contributed by atoms with Crippen LogP contribution in [-0.4, -0.2) is 52.1 Å². The van der Waals surface area contributed by atoms with E-state index in [1.165, 1.54) is 0 Å². The molecule has 2 N–H and O–H groups in total. The number of nitrogen functional groups attached to an aromatic ring is 1. The first-order valence-electron chi connectivity index (χ1n) is 11.3. The van der Waals surface area contributed by atoms with Gasteiger partial charge < -0.3 is 25.0 Å². The van der Waals surface area contributed by atoms with Gasteiger partial charge >= 0.3 is 6.09 Å². The minimum Gasteiger partial charge on any atom is -0.483 e. The second-order valence-electron chi connectivity index (χ2n) is 9.14. The van der Waals surface area contributed by atoms with E-state index in [-0.39, 0.29) is 24.1 Å². The molecule has 0 unspecified atom stereocenters. The van der Waals surface area contributed by atoms with Crippen LogP contribution in [0.3, 0.4) is 0 Å². The average Bonchev–Trinajstić information content (AvgIpc) is 2.83. The molecule has 34 heavy (non-hydrogen) atoms. The number of ether oxygens (including phenoxy) is 2. The predicted octanol–water partition coefficient (Wildman–Crippen LogP) is 3.65. The van der Waals surface area contributed by atoms with Crippen molar-refractivity contribution in [3.63, 3.8) is 0 Å². The summed E-state index contributed by atoms with van der Waals surface area (Å²) in [6.45, 7) is 8.93. The summed E-state index contributed by atoms with van der Waals surface area (Å²) in [5, 5.41) is 0. The van der Waals surface area contributed by atoms with Gasteiger partial charge in [-0.1, -0.05) is 32.9 Å². The second kappa shape index (κ2) is 9.94. The lowest BCUT2D eigenvalue weighted by Gasteiger charge is -2.35. The Morgan fingerprint density at radius 3 is 2.56 bits per heavy atom. The Kier molecular flexibility index (Phi) is 6.81. The highest BCUT2D eigenvalue weighted by atomic mass is 16.6. The molecule has 0 atom stereocenters. The van der Waals surface area contributed by atoms with Crippen LogP contribution in [0.4, 0.5) is 16.6 Å². The van der Waals surface area contributed by atoms with E-state index in [1.54, 1.807) is 23.4 Å². The highest BCUT2D eigenvalue weighted by Gasteiger charge is 2.25. The molecule has 0 spiro atoms. The zero-order valence-corrected chi connectivity index (χ0v) is 19.8. The summed E-state index contributed by atoms with van der Waals surface area (Å²) >= 11 is 0. The molecule has 3 heterocycles. The number of benzene rings is 1. The van der Waals surface area contributed by atoms with Crippen LogP contribution in [0.15, 0.2) is 54.9 Å². The number of hydrogen-bond donors (Lipinski definition) is 1. The van der Waals surface area contributed by atoms with Crippen LogP contribution in [0.5, 0.6) is 11.5 Å². The molecule has 1 amide bonds. The Morgan fingerprint density at radius 2 is 1.82 bits per heavy atom. The molecule has 0 saturated carbocycles. The average molecular weight is 463 g/mol. The normalized spacial score (nSPS) is 14.1. The molecule has 1 aliphatic heterocycles. The molecule has 1 aromatic carbocycles. The number of carbonyl (C=O) groups is 1. The largest absolute Gasteiger partial charge is 0.483 e. The first kappa shape index (κ1) is 23.3. The zero-order valence-electron chi connectivity index (χ0n) is 19.8. The molecule has 9 heteroatoms. The number of anilines is 2. The van der Waals surface area contributed by atoms with Gasteiger partial charge in [0.15, 0.2) is 11.6 Å². The van der Waals surface area contributed by atoms with E-state index in [9.17, 15) is 4.79 Å². The lowest BCUT2D eigenvalue weighted by atomic mass is 9.87. The van der Waals surface area contributed by atoms with Gasteiger partial charge in [-0.05, 0) is 41.3 Å². The number of amides is 1. The maximum Gasteiger partial charge on any atom is 0.415 e. The third-order valence-electron chi connectivity index (χ3n) is 5.60. The van der Waals surface area contributed by atoms with Crippen LogP contribution >= 0.6 is 0 Å². The van der Waals surface area contributed by atoms with Gasteiger partial charge in [0, 0.05) is 38.6 Å². The zero-order chi connectivity index (χ0) is 24.1. The highest BCUT2D eigenvalue weighted by Crippen LogP contribution is 2.28. The minimum atomic E-state index is -0.343. The summed E-state index contributed by atoms with van der Waals surface area (Å²) in [4.78, 5) is 29.1. The molecular weight excluding hydrogens is 432 g/mol. The van der Waals surface area contributed by atoms with Gasteiger partial charge in [-0.3, -0.25) is 0 Å². The van der Waals surface area contributed by atoms with Gasteiger partial charge in [0.2, 0.25) is 5.95 Å². The number of piperazine rings is 1. The van der Waals surface area contributed by atoms with E-state index in [4.69, 9.17) is 15.2 Å². The van der Waals surface area contributed by atoms with Gasteiger partial charge in [0.05, 0.1) is 5.69 Å². The SMILES string of the molecule is CC(C)(C)c1cccc(OC(=O)N2CCN(c3ncccc3OCc3ccnc(N)n3)CC2)c1. The van der Waals surface area contributed by atoms with Crippen molar-refractivity contribution in [2.45, 2.75) is 32.8 Å². The molecule has 0 radical (unpaired) electrons. The number of rotatable bonds is 5. The summed E-state index contributed by atoms with van der Waals surface area (Å²) in [5.41, 5.74) is 7.43. The van der Waals surface area contributed by atoms with E-state index in [0.717, 1.165) is 11.4 Å². The number of hydrogen-bond acceptors (Lipinski definition) is 8. The molecule has 0 bridgehead atoms. The van der Waals surface area contributed by atoms with Crippen molar-refractivity contribution in [3.05, 3.63) is 66.1 Å². The Hall–Kier alpha value is -3.88. The number of nitrogens with zero attached hydrogens (tertiary/aromatic N) is 5.